The third-order valence-corrected chi connectivity index (χ3v) is 7.26. The largest absolute Gasteiger partial charge is 0.384 e. The first kappa shape index (κ1) is 25.7. The van der Waals surface area contributed by atoms with Gasteiger partial charge in [0.2, 0.25) is 0 Å². The number of nitrogens with zero attached hydrogens (tertiary/aromatic N) is 5. The quantitative estimate of drug-likeness (QED) is 0.274. The standard InChI is InChI=1S/C27H32N8O3/c1-27(15-38-16-27)26(37)34-12-3-4-19(14-34)24-33-21(22-23(30)31-11-13-35(22)24)17-6-8-18(9-7-17)25(36)32-20(29)5-2-10-28/h2,5-11,13,19,26,28,37H,3-4,12,14-16H2,1H3,(H2,30,31)(H2,29,32,36)/b5-2-,28-10?/t19-,26?/m1/s1. The van der Waals surface area contributed by atoms with Crippen molar-refractivity contribution in [2.45, 2.75) is 31.9 Å². The summed E-state index contributed by atoms with van der Waals surface area (Å²) >= 11 is 0. The van der Waals surface area contributed by atoms with Crippen LogP contribution in [0.15, 0.2) is 53.8 Å². The van der Waals surface area contributed by atoms with Crippen LogP contribution >= 0.6 is 0 Å². The van der Waals surface area contributed by atoms with E-state index < -0.39 is 12.1 Å². The van der Waals surface area contributed by atoms with Gasteiger partial charge in [0.15, 0.2) is 0 Å². The molecule has 0 saturated carbocycles. The van der Waals surface area contributed by atoms with Gasteiger partial charge in [0.1, 0.15) is 34.9 Å². The number of nitrogens with two attached hydrogens (primary N) is 2. The Morgan fingerprint density at radius 3 is 2.79 bits per heavy atom. The van der Waals surface area contributed by atoms with E-state index in [2.05, 4.69) is 21.8 Å². The second-order valence-corrected chi connectivity index (χ2v) is 10.1. The van der Waals surface area contributed by atoms with Crippen molar-refractivity contribution in [2.75, 3.05) is 32.0 Å². The van der Waals surface area contributed by atoms with Gasteiger partial charge in [0.25, 0.3) is 5.91 Å². The molecule has 4 heterocycles. The molecule has 11 nitrogen and oxygen atoms in total. The van der Waals surface area contributed by atoms with Gasteiger partial charge in [-0.25, -0.2) is 9.97 Å². The number of hydrogen-bond donors (Lipinski definition) is 4. The molecule has 2 saturated heterocycles. The molecule has 1 amide bonds. The Balaban J connectivity index is 1.45. The number of allylic oxidation sites excluding steroid dienone is 1. The number of nitrogen functional groups attached to an aromatic ring is 1. The topological polar surface area (TPSA) is 168 Å². The second-order valence-electron chi connectivity index (χ2n) is 10.1. The van der Waals surface area contributed by atoms with Crippen LogP contribution in [0.1, 0.15) is 41.9 Å². The highest BCUT2D eigenvalue weighted by molar-refractivity contribution is 6.07. The highest BCUT2D eigenvalue weighted by Crippen LogP contribution is 2.38. The number of aliphatic hydroxyl groups excluding tert-OH is 1. The summed E-state index contributed by atoms with van der Waals surface area (Å²) in [6, 6.07) is 6.96. The minimum absolute atomic E-state index is 0.0247. The zero-order valence-electron chi connectivity index (χ0n) is 21.2. The van der Waals surface area contributed by atoms with E-state index in [1.54, 1.807) is 30.5 Å². The van der Waals surface area contributed by atoms with E-state index >= 15 is 0 Å². The summed E-state index contributed by atoms with van der Waals surface area (Å²) in [6.45, 7) is 4.68. The summed E-state index contributed by atoms with van der Waals surface area (Å²) in [7, 11) is 0. The Morgan fingerprint density at radius 2 is 2.11 bits per heavy atom. The normalized spacial score (nSPS) is 20.9. The highest BCUT2D eigenvalue weighted by atomic mass is 16.5. The molecule has 6 N–H and O–H groups in total. The van der Waals surface area contributed by atoms with Crippen molar-refractivity contribution in [3.8, 4) is 11.3 Å². The van der Waals surface area contributed by atoms with Crippen LogP contribution in [0.2, 0.25) is 0 Å². The Bertz CT molecular complexity index is 1410. The number of carbonyl (C=O) groups excluding carboxylic acids is 1. The lowest BCUT2D eigenvalue weighted by molar-refractivity contribution is -0.209. The zero-order chi connectivity index (χ0) is 26.9. The van der Waals surface area contributed by atoms with Crippen molar-refractivity contribution >= 4 is 29.3 Å². The lowest BCUT2D eigenvalue weighted by atomic mass is 9.84. The first-order valence-electron chi connectivity index (χ1n) is 12.6. The Hall–Kier alpha value is -3.93. The van der Waals surface area contributed by atoms with E-state index in [1.165, 1.54) is 12.2 Å². The van der Waals surface area contributed by atoms with Gasteiger partial charge < -0.3 is 26.7 Å². The summed E-state index contributed by atoms with van der Waals surface area (Å²) in [5.41, 5.74) is 14.3. The molecule has 38 heavy (non-hydrogen) atoms. The van der Waals surface area contributed by atoms with E-state index in [9.17, 15) is 9.90 Å². The molecule has 1 aromatic carbocycles. The smallest absolute Gasteiger partial charge is 0.278 e. The van der Waals surface area contributed by atoms with Crippen LogP contribution < -0.4 is 11.5 Å². The maximum Gasteiger partial charge on any atom is 0.278 e. The molecule has 2 atom stereocenters. The number of nitrogens with one attached hydrogen (secondary N) is 1. The summed E-state index contributed by atoms with van der Waals surface area (Å²) in [5.74, 6) is 0.872. The number of aromatic nitrogens is 3. The molecular formula is C27H32N8O3. The summed E-state index contributed by atoms with van der Waals surface area (Å²) in [6.07, 6.45) is 8.68. The molecule has 5 rings (SSSR count). The zero-order valence-corrected chi connectivity index (χ0v) is 21.2. The van der Waals surface area contributed by atoms with E-state index in [1.807, 2.05) is 10.6 Å². The lowest BCUT2D eigenvalue weighted by Crippen LogP contribution is -2.58. The number of ether oxygens (including phenoxy) is 1. The van der Waals surface area contributed by atoms with E-state index in [-0.39, 0.29) is 17.2 Å². The van der Waals surface area contributed by atoms with Crippen molar-refractivity contribution in [3.05, 3.63) is 60.2 Å². The van der Waals surface area contributed by atoms with Crippen molar-refractivity contribution in [3.63, 3.8) is 0 Å². The number of aliphatic hydroxyl groups is 1. The number of amidine groups is 1. The molecule has 3 aromatic rings. The van der Waals surface area contributed by atoms with Crippen LogP contribution in [0.5, 0.6) is 0 Å². The van der Waals surface area contributed by atoms with Gasteiger partial charge >= 0.3 is 0 Å². The predicted octanol–water partition coefficient (Wildman–Crippen LogP) is 2.22. The van der Waals surface area contributed by atoms with E-state index in [4.69, 9.17) is 26.6 Å². The minimum atomic E-state index is -0.571. The maximum atomic E-state index is 12.5. The lowest BCUT2D eigenvalue weighted by Gasteiger charge is -2.48. The monoisotopic (exact) mass is 516 g/mol. The molecule has 0 spiro atoms. The van der Waals surface area contributed by atoms with Crippen molar-refractivity contribution in [1.82, 2.24) is 19.3 Å². The van der Waals surface area contributed by atoms with Gasteiger partial charge in [0.05, 0.1) is 18.6 Å². The third-order valence-electron chi connectivity index (χ3n) is 7.26. The van der Waals surface area contributed by atoms with Gasteiger partial charge in [0, 0.05) is 48.7 Å². The van der Waals surface area contributed by atoms with Crippen molar-refractivity contribution in [1.29, 1.82) is 5.41 Å². The number of fused-ring (bicyclic) bond motifs is 1. The van der Waals surface area contributed by atoms with Gasteiger partial charge in [-0.15, -0.1) is 0 Å². The number of benzene rings is 1. The van der Waals surface area contributed by atoms with Gasteiger partial charge in [-0.3, -0.25) is 14.1 Å². The van der Waals surface area contributed by atoms with E-state index in [0.717, 1.165) is 37.0 Å². The predicted molar refractivity (Wildman–Crippen MR) is 145 cm³/mol. The average Bonchev–Trinajstić information content (AvgIpc) is 3.31. The summed E-state index contributed by atoms with van der Waals surface area (Å²) in [5, 5.41) is 18.1. The third kappa shape index (κ3) is 4.83. The number of carbonyl (C=O) groups is 1. The molecule has 11 heteroatoms. The molecule has 0 radical (unpaired) electrons. The SMILES string of the molecule is CC1(C(O)N2CCC[C@@H](c3nc(-c4ccc(C(=O)N=C(N)/C=C\C=N)cc4)c4c(N)nccn34)C2)COC1. The first-order valence-corrected chi connectivity index (χ1v) is 12.6. The second kappa shape index (κ2) is 10.4. The fourth-order valence-electron chi connectivity index (χ4n) is 5.17. The van der Waals surface area contributed by atoms with Gasteiger partial charge in [-0.1, -0.05) is 19.1 Å². The Kier molecular flexibility index (Phi) is 7.06. The summed E-state index contributed by atoms with van der Waals surface area (Å²) < 4.78 is 7.36. The van der Waals surface area contributed by atoms with Crippen LogP contribution in [0.3, 0.4) is 0 Å². The molecule has 0 aliphatic carbocycles. The number of imidazole rings is 1. The summed E-state index contributed by atoms with van der Waals surface area (Å²) in [4.78, 5) is 27.8. The maximum absolute atomic E-state index is 12.5. The number of anilines is 1. The van der Waals surface area contributed by atoms with Crippen molar-refractivity contribution < 1.29 is 14.6 Å². The van der Waals surface area contributed by atoms with Crippen LogP contribution in [0, 0.1) is 10.8 Å². The molecule has 2 aliphatic heterocycles. The van der Waals surface area contributed by atoms with Crippen molar-refractivity contribution in [2.24, 2.45) is 16.1 Å². The number of likely N-dealkylation sites (tertiary alicyclic amines) is 1. The van der Waals surface area contributed by atoms with Crippen LogP contribution in [-0.4, -0.2) is 74.9 Å². The first-order chi connectivity index (χ1) is 18.3. The minimum Gasteiger partial charge on any atom is -0.384 e. The Morgan fingerprint density at radius 1 is 1.34 bits per heavy atom. The number of aliphatic imine (C=N–C) groups is 1. The molecule has 2 fully saturated rings. The van der Waals surface area contributed by atoms with Crippen LogP contribution in [0.25, 0.3) is 16.8 Å². The molecule has 1 unspecified atom stereocenters. The highest BCUT2D eigenvalue weighted by Gasteiger charge is 2.44. The molecule has 0 bridgehead atoms. The number of amides is 1. The van der Waals surface area contributed by atoms with Gasteiger partial charge in [-0.05, 0) is 37.1 Å². The molecule has 198 valence electrons. The van der Waals surface area contributed by atoms with Crippen LogP contribution in [0.4, 0.5) is 5.82 Å². The number of piperidine rings is 1. The average molecular weight is 517 g/mol. The van der Waals surface area contributed by atoms with Crippen LogP contribution in [-0.2, 0) is 4.74 Å². The molecule has 2 aromatic heterocycles. The molecule has 2 aliphatic rings. The number of hydrogen-bond acceptors (Lipinski definition) is 8. The van der Waals surface area contributed by atoms with E-state index in [0.29, 0.717) is 42.4 Å². The Labute approximate surface area is 220 Å². The van der Waals surface area contributed by atoms with Gasteiger partial charge in [-0.2, -0.15) is 4.99 Å². The fraction of sp³-hybridized carbons (Fsp3) is 0.370. The molecular weight excluding hydrogens is 484 g/mol. The fourth-order valence-corrected chi connectivity index (χ4v) is 5.17. The number of rotatable bonds is 7.